The Hall–Kier alpha value is -1.55. The number of ether oxygens (including phenoxy) is 1. The van der Waals surface area contributed by atoms with Gasteiger partial charge in [-0.1, -0.05) is 29.8 Å². The van der Waals surface area contributed by atoms with Crippen molar-refractivity contribution >= 4 is 6.09 Å². The lowest BCUT2D eigenvalue weighted by atomic mass is 10.1. The molecule has 0 radical (unpaired) electrons. The van der Waals surface area contributed by atoms with E-state index >= 15 is 0 Å². The molecule has 1 aliphatic rings. The fourth-order valence-corrected chi connectivity index (χ4v) is 2.98. The smallest absolute Gasteiger partial charge is 0.410 e. The molecule has 1 unspecified atom stereocenters. The fraction of sp³-hybridized carbons (Fsp3) is 0.632. The molecular weight excluding hydrogens is 288 g/mol. The molecule has 1 amide bonds. The molecule has 1 aliphatic heterocycles. The molecule has 1 aromatic carbocycles. The van der Waals surface area contributed by atoms with Gasteiger partial charge in [-0.2, -0.15) is 0 Å². The number of amides is 1. The van der Waals surface area contributed by atoms with Gasteiger partial charge in [0.1, 0.15) is 5.60 Å². The van der Waals surface area contributed by atoms with Crippen molar-refractivity contribution in [1.82, 2.24) is 10.2 Å². The van der Waals surface area contributed by atoms with Crippen molar-refractivity contribution in [3.8, 4) is 0 Å². The summed E-state index contributed by atoms with van der Waals surface area (Å²) in [4.78, 5) is 14.2. The largest absolute Gasteiger partial charge is 0.444 e. The van der Waals surface area contributed by atoms with Crippen LogP contribution in [0, 0.1) is 6.92 Å². The molecule has 128 valence electrons. The van der Waals surface area contributed by atoms with Gasteiger partial charge in [-0.3, -0.25) is 0 Å². The van der Waals surface area contributed by atoms with Crippen LogP contribution in [0.5, 0.6) is 0 Å². The highest BCUT2D eigenvalue weighted by molar-refractivity contribution is 5.69. The standard InChI is InChI=1S/C19H30N2O2/c1-14-8-6-9-16(12-14)15(2)20-13-17-10-7-11-21(17)18(22)23-19(3,4)5/h6,8-9,12,15,17,20H,7,10-11,13H2,1-5H3/t15-,17?/m0/s1. The highest BCUT2D eigenvalue weighted by Gasteiger charge is 2.32. The van der Waals surface area contributed by atoms with E-state index in [4.69, 9.17) is 4.74 Å². The van der Waals surface area contributed by atoms with Crippen molar-refractivity contribution in [2.45, 2.75) is 65.1 Å². The molecule has 23 heavy (non-hydrogen) atoms. The van der Waals surface area contributed by atoms with Gasteiger partial charge in [0.15, 0.2) is 0 Å². The van der Waals surface area contributed by atoms with Gasteiger partial charge in [-0.25, -0.2) is 4.79 Å². The van der Waals surface area contributed by atoms with Gasteiger partial charge in [-0.15, -0.1) is 0 Å². The maximum atomic E-state index is 12.3. The van der Waals surface area contributed by atoms with E-state index in [1.165, 1.54) is 11.1 Å². The molecule has 0 bridgehead atoms. The van der Waals surface area contributed by atoms with Gasteiger partial charge in [0.2, 0.25) is 0 Å². The summed E-state index contributed by atoms with van der Waals surface area (Å²) in [5.41, 5.74) is 2.12. The Labute approximate surface area is 140 Å². The van der Waals surface area contributed by atoms with Gasteiger partial charge in [-0.05, 0) is 53.0 Å². The van der Waals surface area contributed by atoms with Gasteiger partial charge < -0.3 is 15.0 Å². The van der Waals surface area contributed by atoms with Crippen molar-refractivity contribution in [2.75, 3.05) is 13.1 Å². The summed E-state index contributed by atoms with van der Waals surface area (Å²) in [5, 5.41) is 3.57. The predicted octanol–water partition coefficient (Wildman–Crippen LogP) is 4.05. The quantitative estimate of drug-likeness (QED) is 0.911. The van der Waals surface area contributed by atoms with Crippen LogP contribution in [-0.4, -0.2) is 35.7 Å². The summed E-state index contributed by atoms with van der Waals surface area (Å²) in [6, 6.07) is 9.04. The number of benzene rings is 1. The zero-order valence-corrected chi connectivity index (χ0v) is 15.1. The molecule has 1 heterocycles. The van der Waals surface area contributed by atoms with Gasteiger partial charge in [0.25, 0.3) is 0 Å². The number of hydrogen-bond donors (Lipinski definition) is 1. The van der Waals surface area contributed by atoms with Gasteiger partial charge in [0, 0.05) is 25.2 Å². The normalized spacial score (nSPS) is 19.7. The van der Waals surface area contributed by atoms with Crippen LogP contribution in [0.4, 0.5) is 4.79 Å². The minimum absolute atomic E-state index is 0.190. The van der Waals surface area contributed by atoms with Crippen LogP contribution >= 0.6 is 0 Å². The molecule has 0 aromatic heterocycles. The summed E-state index contributed by atoms with van der Waals surface area (Å²) >= 11 is 0. The molecule has 1 aromatic rings. The number of nitrogens with one attached hydrogen (secondary N) is 1. The van der Waals surface area contributed by atoms with E-state index in [0.717, 1.165) is 25.9 Å². The van der Waals surface area contributed by atoms with E-state index in [1.54, 1.807) is 0 Å². The molecule has 4 heteroatoms. The van der Waals surface area contributed by atoms with Crippen LogP contribution in [0.15, 0.2) is 24.3 Å². The molecule has 0 aliphatic carbocycles. The van der Waals surface area contributed by atoms with E-state index in [1.807, 2.05) is 25.7 Å². The Kier molecular flexibility index (Phi) is 5.69. The van der Waals surface area contributed by atoms with Crippen LogP contribution in [0.3, 0.4) is 0 Å². The molecule has 2 atom stereocenters. The second-order valence-electron chi connectivity index (χ2n) is 7.51. The summed E-state index contributed by atoms with van der Waals surface area (Å²) in [5.74, 6) is 0. The van der Waals surface area contributed by atoms with Crippen molar-refractivity contribution in [1.29, 1.82) is 0 Å². The Morgan fingerprint density at radius 3 is 2.83 bits per heavy atom. The highest BCUT2D eigenvalue weighted by Crippen LogP contribution is 2.21. The first-order valence-electron chi connectivity index (χ1n) is 8.56. The summed E-state index contributed by atoms with van der Waals surface area (Å²) < 4.78 is 5.52. The third-order valence-electron chi connectivity index (χ3n) is 4.21. The molecule has 1 N–H and O–H groups in total. The SMILES string of the molecule is Cc1cccc([C@H](C)NCC2CCCN2C(=O)OC(C)(C)C)c1. The summed E-state index contributed by atoms with van der Waals surface area (Å²) in [6.45, 7) is 11.6. The molecular formula is C19H30N2O2. The monoisotopic (exact) mass is 318 g/mol. The highest BCUT2D eigenvalue weighted by atomic mass is 16.6. The number of hydrogen-bond acceptors (Lipinski definition) is 3. The van der Waals surface area contributed by atoms with Crippen LogP contribution in [0.2, 0.25) is 0 Å². The maximum absolute atomic E-state index is 12.3. The third kappa shape index (κ3) is 5.24. The van der Waals surface area contributed by atoms with Crippen LogP contribution in [0.1, 0.15) is 57.7 Å². The number of aryl methyl sites for hydroxylation is 1. The average Bonchev–Trinajstić information content (AvgIpc) is 2.91. The van der Waals surface area contributed by atoms with Crippen molar-refractivity contribution < 1.29 is 9.53 Å². The lowest BCUT2D eigenvalue weighted by Gasteiger charge is -2.29. The first kappa shape index (κ1) is 17.8. The fourth-order valence-electron chi connectivity index (χ4n) is 2.98. The molecule has 4 nitrogen and oxygen atoms in total. The number of nitrogens with zero attached hydrogens (tertiary/aromatic N) is 1. The number of carbonyl (C=O) groups excluding carboxylic acids is 1. The zero-order valence-electron chi connectivity index (χ0n) is 15.1. The van der Waals surface area contributed by atoms with E-state index in [0.29, 0.717) is 0 Å². The Balaban J connectivity index is 1.90. The Bertz CT molecular complexity index is 536. The predicted molar refractivity (Wildman–Crippen MR) is 93.6 cm³/mol. The summed E-state index contributed by atoms with van der Waals surface area (Å²) in [7, 11) is 0. The lowest BCUT2D eigenvalue weighted by molar-refractivity contribution is 0.0225. The zero-order chi connectivity index (χ0) is 17.0. The molecule has 1 fully saturated rings. The van der Waals surface area contributed by atoms with Gasteiger partial charge in [0.05, 0.1) is 0 Å². The first-order chi connectivity index (χ1) is 10.8. The Morgan fingerprint density at radius 2 is 2.17 bits per heavy atom. The van der Waals surface area contributed by atoms with E-state index in [9.17, 15) is 4.79 Å². The average molecular weight is 318 g/mol. The third-order valence-corrected chi connectivity index (χ3v) is 4.21. The summed E-state index contributed by atoms with van der Waals surface area (Å²) in [6.07, 6.45) is 1.89. The molecule has 1 saturated heterocycles. The number of likely N-dealkylation sites (tertiary alicyclic amines) is 1. The van der Waals surface area contributed by atoms with Crippen molar-refractivity contribution in [3.63, 3.8) is 0 Å². The second kappa shape index (κ2) is 7.35. The Morgan fingerprint density at radius 1 is 1.43 bits per heavy atom. The van der Waals surface area contributed by atoms with Crippen molar-refractivity contribution in [2.24, 2.45) is 0 Å². The topological polar surface area (TPSA) is 41.6 Å². The second-order valence-corrected chi connectivity index (χ2v) is 7.51. The molecule has 0 saturated carbocycles. The number of rotatable bonds is 4. The van der Waals surface area contributed by atoms with Crippen LogP contribution < -0.4 is 5.32 Å². The number of carbonyl (C=O) groups is 1. The van der Waals surface area contributed by atoms with E-state index in [2.05, 4.69) is 43.4 Å². The van der Waals surface area contributed by atoms with E-state index < -0.39 is 5.60 Å². The van der Waals surface area contributed by atoms with Crippen LogP contribution in [0.25, 0.3) is 0 Å². The maximum Gasteiger partial charge on any atom is 0.410 e. The minimum atomic E-state index is -0.438. The molecule has 2 rings (SSSR count). The van der Waals surface area contributed by atoms with Gasteiger partial charge >= 0.3 is 6.09 Å². The minimum Gasteiger partial charge on any atom is -0.444 e. The first-order valence-corrected chi connectivity index (χ1v) is 8.56. The van der Waals surface area contributed by atoms with Crippen LogP contribution in [-0.2, 0) is 4.74 Å². The molecule has 0 spiro atoms. The van der Waals surface area contributed by atoms with E-state index in [-0.39, 0.29) is 18.2 Å². The van der Waals surface area contributed by atoms with Crippen molar-refractivity contribution in [3.05, 3.63) is 35.4 Å². The lowest BCUT2D eigenvalue weighted by Crippen LogP contribution is -2.44.